The molecule has 1 aliphatic heterocycles. The molecule has 3 aromatic heterocycles. The molecule has 0 bridgehead atoms. The fourth-order valence-corrected chi connectivity index (χ4v) is 3.37. The summed E-state index contributed by atoms with van der Waals surface area (Å²) in [4.78, 5) is 4.80. The highest BCUT2D eigenvalue weighted by molar-refractivity contribution is 5.79. The molecule has 0 aliphatic carbocycles. The van der Waals surface area contributed by atoms with Gasteiger partial charge in [-0.05, 0) is 18.2 Å². The summed E-state index contributed by atoms with van der Waals surface area (Å²) in [5, 5.41) is 17.7. The number of para-hydroxylation sites is 1. The molecule has 0 saturated heterocycles. The minimum atomic E-state index is 0.787. The third kappa shape index (κ3) is 2.32. The van der Waals surface area contributed by atoms with Crippen LogP contribution in [0.5, 0.6) is 0 Å². The van der Waals surface area contributed by atoms with Gasteiger partial charge in [-0.3, -0.25) is 4.68 Å². The molecule has 4 heterocycles. The zero-order valence-corrected chi connectivity index (χ0v) is 13.8. The maximum atomic E-state index is 4.85. The predicted molar refractivity (Wildman–Crippen MR) is 94.3 cm³/mol. The van der Waals surface area contributed by atoms with Crippen molar-refractivity contribution in [3.8, 4) is 17.2 Å². The number of nitrogens with one attached hydrogen (secondary N) is 1. The molecule has 1 N–H and O–H groups in total. The van der Waals surface area contributed by atoms with Crippen molar-refractivity contribution >= 4 is 10.9 Å². The lowest BCUT2D eigenvalue weighted by Gasteiger charge is -2.15. The molecule has 25 heavy (non-hydrogen) atoms. The monoisotopic (exact) mass is 331 g/mol. The summed E-state index contributed by atoms with van der Waals surface area (Å²) in [5.74, 6) is 0.840. The molecule has 0 amide bonds. The fourth-order valence-electron chi connectivity index (χ4n) is 3.37. The summed E-state index contributed by atoms with van der Waals surface area (Å²) in [6, 6.07) is 12.2. The van der Waals surface area contributed by atoms with Gasteiger partial charge in [0.2, 0.25) is 0 Å². The van der Waals surface area contributed by atoms with Crippen molar-refractivity contribution in [2.24, 2.45) is 7.05 Å². The van der Waals surface area contributed by atoms with E-state index in [2.05, 4.69) is 27.8 Å². The van der Waals surface area contributed by atoms with Crippen molar-refractivity contribution in [3.63, 3.8) is 0 Å². The SMILES string of the molecule is Cn1cc(-c2nn(-c3ccc4ccccc4n3)c3c2CNCC3)nn1. The number of fused-ring (bicyclic) bond motifs is 2. The van der Waals surface area contributed by atoms with Crippen molar-refractivity contribution in [1.82, 2.24) is 35.1 Å². The Morgan fingerprint density at radius 2 is 2.04 bits per heavy atom. The zero-order chi connectivity index (χ0) is 16.8. The lowest BCUT2D eigenvalue weighted by molar-refractivity contribution is 0.621. The second kappa shape index (κ2) is 5.49. The second-order valence-electron chi connectivity index (χ2n) is 6.25. The number of benzene rings is 1. The van der Waals surface area contributed by atoms with Crippen molar-refractivity contribution in [2.75, 3.05) is 6.54 Å². The van der Waals surface area contributed by atoms with E-state index in [4.69, 9.17) is 10.1 Å². The number of hydrogen-bond acceptors (Lipinski definition) is 5. The van der Waals surface area contributed by atoms with Gasteiger partial charge in [-0.2, -0.15) is 5.10 Å². The van der Waals surface area contributed by atoms with Crippen LogP contribution in [-0.4, -0.2) is 36.3 Å². The van der Waals surface area contributed by atoms with Gasteiger partial charge in [-0.25, -0.2) is 9.67 Å². The van der Waals surface area contributed by atoms with Crippen LogP contribution in [0.2, 0.25) is 0 Å². The molecule has 0 saturated carbocycles. The molecular weight excluding hydrogens is 314 g/mol. The molecular formula is C18H17N7. The predicted octanol–water partition coefficient (Wildman–Crippen LogP) is 1.86. The van der Waals surface area contributed by atoms with Gasteiger partial charge in [0.25, 0.3) is 0 Å². The van der Waals surface area contributed by atoms with Crippen LogP contribution in [0.4, 0.5) is 0 Å². The number of nitrogens with zero attached hydrogens (tertiary/aromatic N) is 6. The largest absolute Gasteiger partial charge is 0.312 e. The first kappa shape index (κ1) is 14.3. The van der Waals surface area contributed by atoms with Crippen molar-refractivity contribution in [3.05, 3.63) is 53.9 Å². The van der Waals surface area contributed by atoms with E-state index in [9.17, 15) is 0 Å². The smallest absolute Gasteiger partial charge is 0.154 e. The van der Waals surface area contributed by atoms with Crippen LogP contribution in [0.25, 0.3) is 28.1 Å². The van der Waals surface area contributed by atoms with E-state index in [-0.39, 0.29) is 0 Å². The average molecular weight is 331 g/mol. The lowest BCUT2D eigenvalue weighted by atomic mass is 10.1. The molecule has 0 atom stereocenters. The van der Waals surface area contributed by atoms with Crippen LogP contribution >= 0.6 is 0 Å². The lowest BCUT2D eigenvalue weighted by Crippen LogP contribution is -2.24. The van der Waals surface area contributed by atoms with Crippen LogP contribution in [-0.2, 0) is 20.0 Å². The van der Waals surface area contributed by atoms with Gasteiger partial charge in [-0.15, -0.1) is 5.10 Å². The van der Waals surface area contributed by atoms with Crippen LogP contribution < -0.4 is 5.32 Å². The number of pyridine rings is 1. The Hall–Kier alpha value is -3.06. The summed E-state index contributed by atoms with van der Waals surface area (Å²) in [7, 11) is 1.86. The van der Waals surface area contributed by atoms with E-state index < -0.39 is 0 Å². The Morgan fingerprint density at radius 1 is 1.12 bits per heavy atom. The molecule has 5 rings (SSSR count). The first-order valence-electron chi connectivity index (χ1n) is 8.34. The number of rotatable bonds is 2. The molecule has 0 spiro atoms. The average Bonchev–Trinajstić information content (AvgIpc) is 3.25. The van der Waals surface area contributed by atoms with Gasteiger partial charge in [0.15, 0.2) is 5.82 Å². The first-order chi connectivity index (χ1) is 12.3. The van der Waals surface area contributed by atoms with Gasteiger partial charge in [0.1, 0.15) is 11.4 Å². The van der Waals surface area contributed by atoms with Gasteiger partial charge in [0.05, 0.1) is 17.4 Å². The van der Waals surface area contributed by atoms with Crippen molar-refractivity contribution in [2.45, 2.75) is 13.0 Å². The molecule has 7 heteroatoms. The van der Waals surface area contributed by atoms with Gasteiger partial charge in [0, 0.05) is 37.5 Å². The normalized spacial score (nSPS) is 14.0. The highest BCUT2D eigenvalue weighted by atomic mass is 15.4. The number of hydrogen-bond donors (Lipinski definition) is 1. The summed E-state index contributed by atoms with van der Waals surface area (Å²) < 4.78 is 3.66. The second-order valence-corrected chi connectivity index (χ2v) is 6.25. The molecule has 4 aromatic rings. The molecule has 124 valence electrons. The van der Waals surface area contributed by atoms with Crippen molar-refractivity contribution in [1.29, 1.82) is 0 Å². The Labute approximate surface area is 144 Å². The number of aryl methyl sites for hydroxylation is 1. The molecule has 7 nitrogen and oxygen atoms in total. The van der Waals surface area contributed by atoms with Crippen LogP contribution in [0, 0.1) is 0 Å². The summed E-state index contributed by atoms with van der Waals surface area (Å²) in [6.45, 7) is 1.72. The molecule has 1 aromatic carbocycles. The quantitative estimate of drug-likeness (QED) is 0.607. The van der Waals surface area contributed by atoms with Gasteiger partial charge in [-0.1, -0.05) is 23.4 Å². The van der Waals surface area contributed by atoms with Gasteiger partial charge >= 0.3 is 0 Å². The summed E-state index contributed by atoms with van der Waals surface area (Å²) in [5.41, 5.74) is 5.02. The minimum absolute atomic E-state index is 0.787. The molecule has 0 unspecified atom stereocenters. The van der Waals surface area contributed by atoms with Gasteiger partial charge < -0.3 is 5.32 Å². The van der Waals surface area contributed by atoms with E-state index in [1.54, 1.807) is 4.68 Å². The maximum absolute atomic E-state index is 4.85. The molecule has 0 fully saturated rings. The highest BCUT2D eigenvalue weighted by Crippen LogP contribution is 2.28. The van der Waals surface area contributed by atoms with Crippen LogP contribution in [0.1, 0.15) is 11.3 Å². The third-order valence-electron chi connectivity index (χ3n) is 4.58. The maximum Gasteiger partial charge on any atom is 0.154 e. The highest BCUT2D eigenvalue weighted by Gasteiger charge is 2.24. The summed E-state index contributed by atoms with van der Waals surface area (Å²) >= 11 is 0. The van der Waals surface area contributed by atoms with E-state index >= 15 is 0 Å². The Morgan fingerprint density at radius 3 is 2.92 bits per heavy atom. The number of aromatic nitrogens is 6. The fraction of sp³-hybridized carbons (Fsp3) is 0.222. The van der Waals surface area contributed by atoms with E-state index in [1.807, 2.05) is 42.2 Å². The topological polar surface area (TPSA) is 73.5 Å². The Bertz CT molecular complexity index is 1080. The van der Waals surface area contributed by atoms with Crippen LogP contribution in [0.3, 0.4) is 0 Å². The third-order valence-corrected chi connectivity index (χ3v) is 4.58. The minimum Gasteiger partial charge on any atom is -0.312 e. The molecule has 1 aliphatic rings. The van der Waals surface area contributed by atoms with Crippen LogP contribution in [0.15, 0.2) is 42.6 Å². The zero-order valence-electron chi connectivity index (χ0n) is 13.8. The standard InChI is InChI=1S/C18H17N7/c1-24-11-15(21-23-24)18-13-10-19-9-8-16(13)25(22-18)17-7-6-12-4-2-3-5-14(12)20-17/h2-7,11,19H,8-10H2,1H3. The Balaban J connectivity index is 1.71. The van der Waals surface area contributed by atoms with Crippen molar-refractivity contribution < 1.29 is 0 Å². The summed E-state index contributed by atoms with van der Waals surface area (Å²) in [6.07, 6.45) is 2.81. The van der Waals surface area contributed by atoms with E-state index in [0.717, 1.165) is 47.6 Å². The molecule has 0 radical (unpaired) electrons. The van der Waals surface area contributed by atoms with E-state index in [0.29, 0.717) is 0 Å². The first-order valence-corrected chi connectivity index (χ1v) is 8.34. The van der Waals surface area contributed by atoms with E-state index in [1.165, 1.54) is 11.3 Å². The Kier molecular flexibility index (Phi) is 3.14.